The fraction of sp³-hybridized carbons (Fsp3) is 0.235. The van der Waals surface area contributed by atoms with Crippen LogP contribution in [0.4, 0.5) is 11.4 Å². The van der Waals surface area contributed by atoms with Gasteiger partial charge in [-0.3, -0.25) is 14.9 Å². The monoisotopic (exact) mass is 298 g/mol. The molecular weight excluding hydrogens is 280 g/mol. The van der Waals surface area contributed by atoms with Crippen molar-refractivity contribution in [2.45, 2.75) is 27.2 Å². The number of carbonyl (C=O) groups excluding carboxylic acids is 1. The Bertz CT molecular complexity index is 739. The van der Waals surface area contributed by atoms with Gasteiger partial charge in [0.25, 0.3) is 5.69 Å². The average Bonchev–Trinajstić information content (AvgIpc) is 2.44. The SMILES string of the molecule is Cc1ccc(CC(=O)Nc2cc([N+](=O)[O-])ccc2C)c(C)c1. The van der Waals surface area contributed by atoms with E-state index < -0.39 is 4.92 Å². The highest BCUT2D eigenvalue weighted by molar-refractivity contribution is 5.93. The van der Waals surface area contributed by atoms with Gasteiger partial charge in [-0.05, 0) is 37.5 Å². The summed E-state index contributed by atoms with van der Waals surface area (Å²) in [5.74, 6) is -0.185. The van der Waals surface area contributed by atoms with E-state index in [1.165, 1.54) is 12.1 Å². The van der Waals surface area contributed by atoms with Gasteiger partial charge >= 0.3 is 0 Å². The lowest BCUT2D eigenvalue weighted by molar-refractivity contribution is -0.384. The standard InChI is InChI=1S/C17H18N2O3/c1-11-4-6-14(13(3)8-11)9-17(20)18-16-10-15(19(21)22)7-5-12(16)2/h4-8,10H,9H2,1-3H3,(H,18,20). The number of hydrogen-bond donors (Lipinski definition) is 1. The van der Waals surface area contributed by atoms with E-state index in [0.29, 0.717) is 5.69 Å². The van der Waals surface area contributed by atoms with E-state index in [9.17, 15) is 14.9 Å². The highest BCUT2D eigenvalue weighted by Gasteiger charge is 2.12. The molecule has 0 aliphatic rings. The zero-order chi connectivity index (χ0) is 16.3. The predicted molar refractivity (Wildman–Crippen MR) is 86.1 cm³/mol. The van der Waals surface area contributed by atoms with Gasteiger partial charge in [0.1, 0.15) is 0 Å². The molecule has 0 atom stereocenters. The topological polar surface area (TPSA) is 72.2 Å². The normalized spacial score (nSPS) is 10.3. The van der Waals surface area contributed by atoms with Crippen LogP contribution in [0.1, 0.15) is 22.3 Å². The summed E-state index contributed by atoms with van der Waals surface area (Å²) in [6.45, 7) is 5.77. The summed E-state index contributed by atoms with van der Waals surface area (Å²) in [6, 6.07) is 10.4. The number of rotatable bonds is 4. The lowest BCUT2D eigenvalue weighted by Crippen LogP contribution is -2.16. The summed E-state index contributed by atoms with van der Waals surface area (Å²) in [4.78, 5) is 22.5. The Morgan fingerprint density at radius 3 is 2.45 bits per heavy atom. The van der Waals surface area contributed by atoms with Crippen LogP contribution in [0.5, 0.6) is 0 Å². The summed E-state index contributed by atoms with van der Waals surface area (Å²) >= 11 is 0. The third-order valence-electron chi connectivity index (χ3n) is 3.56. The van der Waals surface area contributed by atoms with Crippen molar-refractivity contribution in [3.63, 3.8) is 0 Å². The number of carbonyl (C=O) groups is 1. The number of amides is 1. The number of nitro groups is 1. The first kappa shape index (κ1) is 15.7. The fourth-order valence-electron chi connectivity index (χ4n) is 2.27. The molecule has 0 fully saturated rings. The number of non-ortho nitro benzene ring substituents is 1. The minimum Gasteiger partial charge on any atom is -0.325 e. The maximum atomic E-state index is 12.2. The van der Waals surface area contributed by atoms with E-state index in [-0.39, 0.29) is 18.0 Å². The van der Waals surface area contributed by atoms with Crippen LogP contribution < -0.4 is 5.32 Å². The number of nitro benzene ring substituents is 1. The van der Waals surface area contributed by atoms with Gasteiger partial charge in [-0.15, -0.1) is 0 Å². The van der Waals surface area contributed by atoms with Crippen LogP contribution in [0.2, 0.25) is 0 Å². The van der Waals surface area contributed by atoms with Crippen molar-refractivity contribution in [3.8, 4) is 0 Å². The fourth-order valence-corrected chi connectivity index (χ4v) is 2.27. The van der Waals surface area contributed by atoms with E-state index in [2.05, 4.69) is 5.32 Å². The van der Waals surface area contributed by atoms with Crippen LogP contribution in [0.25, 0.3) is 0 Å². The number of benzene rings is 2. The highest BCUT2D eigenvalue weighted by atomic mass is 16.6. The van der Waals surface area contributed by atoms with Crippen LogP contribution in [0.3, 0.4) is 0 Å². The maximum absolute atomic E-state index is 12.2. The van der Waals surface area contributed by atoms with Gasteiger partial charge in [0.2, 0.25) is 5.91 Å². The molecule has 0 unspecified atom stereocenters. The molecule has 0 bridgehead atoms. The summed E-state index contributed by atoms with van der Waals surface area (Å²) in [5, 5.41) is 13.6. The molecule has 5 nitrogen and oxygen atoms in total. The van der Waals surface area contributed by atoms with Gasteiger partial charge in [-0.25, -0.2) is 0 Å². The largest absolute Gasteiger partial charge is 0.325 e. The molecule has 0 spiro atoms. The first-order chi connectivity index (χ1) is 10.4. The van der Waals surface area contributed by atoms with Crippen molar-refractivity contribution < 1.29 is 9.72 Å². The molecule has 0 aromatic heterocycles. The predicted octanol–water partition coefficient (Wildman–Crippen LogP) is 3.70. The quantitative estimate of drug-likeness (QED) is 0.691. The Labute approximate surface area is 129 Å². The third-order valence-corrected chi connectivity index (χ3v) is 3.56. The maximum Gasteiger partial charge on any atom is 0.271 e. The van der Waals surface area contributed by atoms with Gasteiger partial charge in [0.05, 0.1) is 17.0 Å². The molecule has 22 heavy (non-hydrogen) atoms. The second-order valence-corrected chi connectivity index (χ2v) is 5.41. The Kier molecular flexibility index (Phi) is 4.56. The molecule has 5 heteroatoms. The van der Waals surface area contributed by atoms with Gasteiger partial charge in [0, 0.05) is 12.1 Å². The van der Waals surface area contributed by atoms with E-state index in [1.807, 2.05) is 32.0 Å². The minimum absolute atomic E-state index is 0.0348. The summed E-state index contributed by atoms with van der Waals surface area (Å²) in [7, 11) is 0. The molecule has 0 saturated heterocycles. The summed E-state index contributed by atoms with van der Waals surface area (Å²) in [5.41, 5.74) is 4.39. The Hall–Kier alpha value is -2.69. The van der Waals surface area contributed by atoms with Crippen LogP contribution in [-0.4, -0.2) is 10.8 Å². The zero-order valence-electron chi connectivity index (χ0n) is 12.8. The molecule has 0 saturated carbocycles. The van der Waals surface area contributed by atoms with Crippen LogP contribution >= 0.6 is 0 Å². The van der Waals surface area contributed by atoms with E-state index in [0.717, 1.165) is 22.3 Å². The molecular formula is C17H18N2O3. The minimum atomic E-state index is -0.473. The number of nitrogens with one attached hydrogen (secondary N) is 1. The van der Waals surface area contributed by atoms with Crippen LogP contribution in [-0.2, 0) is 11.2 Å². The smallest absolute Gasteiger partial charge is 0.271 e. The Morgan fingerprint density at radius 2 is 1.82 bits per heavy atom. The average molecular weight is 298 g/mol. The summed E-state index contributed by atoms with van der Waals surface area (Å²) < 4.78 is 0. The number of aryl methyl sites for hydroxylation is 3. The van der Waals surface area contributed by atoms with Gasteiger partial charge in [0.15, 0.2) is 0 Å². The molecule has 0 radical (unpaired) electrons. The lowest BCUT2D eigenvalue weighted by atomic mass is 10.0. The second-order valence-electron chi connectivity index (χ2n) is 5.41. The molecule has 0 aliphatic carbocycles. The second kappa shape index (κ2) is 6.39. The molecule has 0 aliphatic heterocycles. The van der Waals surface area contributed by atoms with Gasteiger partial charge in [-0.2, -0.15) is 0 Å². The first-order valence-electron chi connectivity index (χ1n) is 6.98. The number of anilines is 1. The third kappa shape index (κ3) is 3.69. The van der Waals surface area contributed by atoms with E-state index in [4.69, 9.17) is 0 Å². The highest BCUT2D eigenvalue weighted by Crippen LogP contribution is 2.22. The Morgan fingerprint density at radius 1 is 1.09 bits per heavy atom. The van der Waals surface area contributed by atoms with Crippen LogP contribution in [0.15, 0.2) is 36.4 Å². The Balaban J connectivity index is 2.15. The van der Waals surface area contributed by atoms with Crippen LogP contribution in [0, 0.1) is 30.9 Å². The number of hydrogen-bond acceptors (Lipinski definition) is 3. The summed E-state index contributed by atoms with van der Waals surface area (Å²) in [6.07, 6.45) is 0.244. The van der Waals surface area contributed by atoms with Crippen molar-refractivity contribution >= 4 is 17.3 Å². The van der Waals surface area contributed by atoms with Crippen molar-refractivity contribution in [3.05, 3.63) is 68.8 Å². The van der Waals surface area contributed by atoms with E-state index in [1.54, 1.807) is 13.0 Å². The zero-order valence-corrected chi connectivity index (χ0v) is 12.8. The van der Waals surface area contributed by atoms with Crippen molar-refractivity contribution in [2.75, 3.05) is 5.32 Å². The molecule has 2 aromatic rings. The molecule has 2 aromatic carbocycles. The van der Waals surface area contributed by atoms with Crippen molar-refractivity contribution in [2.24, 2.45) is 0 Å². The molecule has 1 amide bonds. The van der Waals surface area contributed by atoms with Crippen molar-refractivity contribution in [1.82, 2.24) is 0 Å². The van der Waals surface area contributed by atoms with E-state index >= 15 is 0 Å². The van der Waals surface area contributed by atoms with Gasteiger partial charge < -0.3 is 5.32 Å². The first-order valence-corrected chi connectivity index (χ1v) is 6.98. The van der Waals surface area contributed by atoms with Gasteiger partial charge in [-0.1, -0.05) is 29.8 Å². The van der Waals surface area contributed by atoms with Crippen molar-refractivity contribution in [1.29, 1.82) is 0 Å². The molecule has 1 N–H and O–H groups in total. The molecule has 114 valence electrons. The molecule has 2 rings (SSSR count). The molecule has 0 heterocycles. The number of nitrogens with zero attached hydrogens (tertiary/aromatic N) is 1. The lowest BCUT2D eigenvalue weighted by Gasteiger charge is -2.10.